The van der Waals surface area contributed by atoms with Crippen molar-refractivity contribution in [3.8, 4) is 0 Å². The van der Waals surface area contributed by atoms with E-state index in [0.29, 0.717) is 5.56 Å². The van der Waals surface area contributed by atoms with E-state index < -0.39 is 0 Å². The summed E-state index contributed by atoms with van der Waals surface area (Å²) in [5.74, 6) is 0.144. The number of nitrogens with one attached hydrogen (secondary N) is 2. The van der Waals surface area contributed by atoms with Crippen LogP contribution in [0.5, 0.6) is 0 Å². The summed E-state index contributed by atoms with van der Waals surface area (Å²) in [5.41, 5.74) is 2.21. The summed E-state index contributed by atoms with van der Waals surface area (Å²) < 4.78 is 5.78. The number of hydrogen-bond donors (Lipinski definition) is 2. The van der Waals surface area contributed by atoms with Gasteiger partial charge in [-0.1, -0.05) is 13.8 Å². The fraction of sp³-hybridized carbons (Fsp3) is 0.684. The molecule has 6 nitrogen and oxygen atoms in total. The number of hydrogen-bond acceptors (Lipinski definition) is 4. The molecule has 0 aromatic carbocycles. The third kappa shape index (κ3) is 4.92. The number of aromatic nitrogens is 1. The first-order valence-corrected chi connectivity index (χ1v) is 9.05. The molecular weight excluding hydrogens is 318 g/mol. The van der Waals surface area contributed by atoms with Crippen LogP contribution in [0.15, 0.2) is 10.9 Å². The van der Waals surface area contributed by atoms with Gasteiger partial charge in [0.25, 0.3) is 5.56 Å². The summed E-state index contributed by atoms with van der Waals surface area (Å²) in [7, 11) is 0. The molecule has 1 fully saturated rings. The maximum absolute atomic E-state index is 12.9. The zero-order valence-electron chi connectivity index (χ0n) is 16.2. The molecule has 2 rings (SSSR count). The number of H-pyrrole nitrogens is 1. The van der Waals surface area contributed by atoms with Gasteiger partial charge in [-0.25, -0.2) is 0 Å². The van der Waals surface area contributed by atoms with E-state index in [1.807, 2.05) is 33.8 Å². The number of carbonyl (C=O) groups excluding carboxylic acids is 1. The molecule has 1 aliphatic heterocycles. The molecule has 0 spiro atoms. The van der Waals surface area contributed by atoms with Crippen LogP contribution in [-0.4, -0.2) is 47.1 Å². The van der Waals surface area contributed by atoms with Gasteiger partial charge < -0.3 is 15.0 Å². The number of aromatic amines is 1. The molecule has 0 radical (unpaired) electrons. The van der Waals surface area contributed by atoms with Crippen molar-refractivity contribution >= 4 is 5.91 Å². The zero-order valence-corrected chi connectivity index (χ0v) is 16.2. The second kappa shape index (κ2) is 8.15. The highest BCUT2D eigenvalue weighted by atomic mass is 16.5. The van der Waals surface area contributed by atoms with Crippen molar-refractivity contribution in [3.63, 3.8) is 0 Å². The molecule has 1 saturated heterocycles. The first kappa shape index (κ1) is 19.7. The summed E-state index contributed by atoms with van der Waals surface area (Å²) in [6, 6.07) is 1.70. The average Bonchev–Trinajstić information content (AvgIpc) is 2.44. The van der Waals surface area contributed by atoms with E-state index in [1.54, 1.807) is 0 Å². The lowest BCUT2D eigenvalue weighted by Crippen LogP contribution is -2.57. The van der Waals surface area contributed by atoms with E-state index in [2.05, 4.69) is 29.0 Å². The molecule has 25 heavy (non-hydrogen) atoms. The summed E-state index contributed by atoms with van der Waals surface area (Å²) in [6.45, 7) is 13.7. The molecule has 0 bridgehead atoms. The van der Waals surface area contributed by atoms with Crippen molar-refractivity contribution < 1.29 is 9.53 Å². The molecule has 2 heterocycles. The third-order valence-electron chi connectivity index (χ3n) is 4.67. The molecule has 1 aromatic heterocycles. The second-order valence-electron chi connectivity index (χ2n) is 7.56. The number of nitrogens with zero attached hydrogens (tertiary/aromatic N) is 1. The van der Waals surface area contributed by atoms with Crippen LogP contribution in [0.3, 0.4) is 0 Å². The maximum Gasteiger partial charge on any atom is 0.253 e. The van der Waals surface area contributed by atoms with Crippen LogP contribution in [0, 0.1) is 19.8 Å². The Morgan fingerprint density at radius 1 is 1.32 bits per heavy atom. The molecule has 3 unspecified atom stereocenters. The van der Waals surface area contributed by atoms with Gasteiger partial charge in [0, 0.05) is 30.9 Å². The Balaban J connectivity index is 2.10. The minimum atomic E-state index is -0.223. The number of carbonyl (C=O) groups is 1. The summed E-state index contributed by atoms with van der Waals surface area (Å²) in [6.07, 6.45) is 0.222. The van der Waals surface area contributed by atoms with Gasteiger partial charge in [-0.2, -0.15) is 0 Å². The van der Waals surface area contributed by atoms with Crippen LogP contribution in [0.2, 0.25) is 0 Å². The predicted octanol–water partition coefficient (Wildman–Crippen LogP) is 1.74. The van der Waals surface area contributed by atoms with Gasteiger partial charge in [-0.3, -0.25) is 14.5 Å². The molecule has 3 atom stereocenters. The number of rotatable bonds is 5. The van der Waals surface area contributed by atoms with Crippen molar-refractivity contribution in [2.45, 2.75) is 66.3 Å². The predicted molar refractivity (Wildman–Crippen MR) is 98.6 cm³/mol. The number of ether oxygens (including phenoxy) is 1. The fourth-order valence-electron chi connectivity index (χ4n) is 3.72. The Bertz CT molecular complexity index is 658. The Kier molecular flexibility index (Phi) is 6.41. The van der Waals surface area contributed by atoms with Gasteiger partial charge in [0.1, 0.15) is 0 Å². The SMILES string of the molecule is Cc1cc(C)c(CNC(=O)C(C(C)C)N2CC(C)OC(C)C2)c(=O)[nH]1. The van der Waals surface area contributed by atoms with Gasteiger partial charge in [0.2, 0.25) is 5.91 Å². The van der Waals surface area contributed by atoms with Crippen molar-refractivity contribution in [3.05, 3.63) is 33.2 Å². The van der Waals surface area contributed by atoms with Crippen LogP contribution in [0.4, 0.5) is 0 Å². The molecule has 1 amide bonds. The van der Waals surface area contributed by atoms with Gasteiger partial charge in [0.15, 0.2) is 0 Å². The highest BCUT2D eigenvalue weighted by Gasteiger charge is 2.34. The van der Waals surface area contributed by atoms with Gasteiger partial charge in [-0.05, 0) is 45.2 Å². The van der Waals surface area contributed by atoms with Crippen LogP contribution >= 0.6 is 0 Å². The van der Waals surface area contributed by atoms with Crippen LogP contribution in [0.1, 0.15) is 44.5 Å². The number of pyridine rings is 1. The Morgan fingerprint density at radius 3 is 2.44 bits per heavy atom. The van der Waals surface area contributed by atoms with E-state index in [0.717, 1.165) is 24.3 Å². The standard InChI is InChI=1S/C19H31N3O3/c1-11(2)17(22-9-14(5)25-15(6)10-22)19(24)20-8-16-12(3)7-13(4)21-18(16)23/h7,11,14-15,17H,8-10H2,1-6H3,(H,20,24)(H,21,23). The monoisotopic (exact) mass is 349 g/mol. The normalized spacial score (nSPS) is 22.8. The summed E-state index contributed by atoms with van der Waals surface area (Å²) >= 11 is 0. The Morgan fingerprint density at radius 2 is 1.92 bits per heavy atom. The van der Waals surface area contributed by atoms with E-state index in [1.165, 1.54) is 0 Å². The number of aryl methyl sites for hydroxylation is 2. The topological polar surface area (TPSA) is 74.4 Å². The lowest BCUT2D eigenvalue weighted by atomic mass is 9.99. The van der Waals surface area contributed by atoms with Gasteiger partial charge >= 0.3 is 0 Å². The zero-order chi connectivity index (χ0) is 18.7. The molecule has 140 valence electrons. The third-order valence-corrected chi connectivity index (χ3v) is 4.67. The molecule has 1 aromatic rings. The van der Waals surface area contributed by atoms with E-state index >= 15 is 0 Å². The lowest BCUT2D eigenvalue weighted by molar-refractivity contribution is -0.135. The summed E-state index contributed by atoms with van der Waals surface area (Å²) in [5, 5.41) is 2.97. The average molecular weight is 349 g/mol. The van der Waals surface area contributed by atoms with Gasteiger partial charge in [0.05, 0.1) is 18.2 Å². The van der Waals surface area contributed by atoms with Crippen LogP contribution in [0.25, 0.3) is 0 Å². The number of morpholine rings is 1. The molecule has 0 saturated carbocycles. The van der Waals surface area contributed by atoms with Crippen LogP contribution < -0.4 is 10.9 Å². The first-order chi connectivity index (χ1) is 11.7. The molecule has 1 aliphatic rings. The minimum Gasteiger partial charge on any atom is -0.373 e. The summed E-state index contributed by atoms with van der Waals surface area (Å²) in [4.78, 5) is 30.0. The molecule has 0 aliphatic carbocycles. The van der Waals surface area contributed by atoms with Crippen molar-refractivity contribution in [2.75, 3.05) is 13.1 Å². The highest BCUT2D eigenvalue weighted by molar-refractivity contribution is 5.82. The van der Waals surface area contributed by atoms with E-state index in [-0.39, 0.29) is 42.2 Å². The van der Waals surface area contributed by atoms with E-state index in [4.69, 9.17) is 4.74 Å². The fourth-order valence-corrected chi connectivity index (χ4v) is 3.72. The van der Waals surface area contributed by atoms with Crippen LogP contribution in [-0.2, 0) is 16.1 Å². The lowest BCUT2D eigenvalue weighted by Gasteiger charge is -2.41. The van der Waals surface area contributed by atoms with Crippen molar-refractivity contribution in [1.29, 1.82) is 0 Å². The largest absolute Gasteiger partial charge is 0.373 e. The quantitative estimate of drug-likeness (QED) is 0.849. The first-order valence-electron chi connectivity index (χ1n) is 9.05. The molecular formula is C19H31N3O3. The number of amides is 1. The molecule has 6 heteroatoms. The van der Waals surface area contributed by atoms with Gasteiger partial charge in [-0.15, -0.1) is 0 Å². The van der Waals surface area contributed by atoms with Crippen molar-refractivity contribution in [1.82, 2.24) is 15.2 Å². The highest BCUT2D eigenvalue weighted by Crippen LogP contribution is 2.19. The van der Waals surface area contributed by atoms with Crippen molar-refractivity contribution in [2.24, 2.45) is 5.92 Å². The second-order valence-corrected chi connectivity index (χ2v) is 7.56. The van der Waals surface area contributed by atoms with E-state index in [9.17, 15) is 9.59 Å². The smallest absolute Gasteiger partial charge is 0.253 e. The maximum atomic E-state index is 12.9. The minimum absolute atomic E-state index is 0.0318. The Hall–Kier alpha value is -1.66. The Labute approximate surface area is 150 Å². The molecule has 2 N–H and O–H groups in total.